The molecule has 23 heteroatoms. The Morgan fingerprint density at radius 3 is 2.10 bits per heavy atom. The van der Waals surface area contributed by atoms with Crippen molar-refractivity contribution in [3.05, 3.63) is 71.9 Å². The number of primary amides is 1. The van der Waals surface area contributed by atoms with Gasteiger partial charge in [0.05, 0.1) is 6.10 Å². The van der Waals surface area contributed by atoms with Gasteiger partial charge in [0, 0.05) is 63.0 Å². The minimum Gasteiger partial charge on any atom is -0.391 e. The molecule has 15 N–H and O–H groups in total. The number of ether oxygens (including phenoxy) is 1. The molecule has 2 aromatic carbocycles. The number of aliphatic hydroxyl groups is 1. The van der Waals surface area contributed by atoms with Crippen molar-refractivity contribution < 1.29 is 48.2 Å². The summed E-state index contributed by atoms with van der Waals surface area (Å²) >= 11 is 0. The second-order valence-corrected chi connectivity index (χ2v) is 22.4. The predicted octanol–water partition coefficient (Wildman–Crippen LogP) is 3.21. The molecule has 1 unspecified atom stereocenters. The second kappa shape index (κ2) is 36.6. The molecule has 5 rings (SSSR count). The number of hydrogen-bond acceptors (Lipinski definition) is 12. The maximum Gasteiger partial charge on any atom is 0.245 e. The first-order valence-electron chi connectivity index (χ1n) is 30.5. The lowest BCUT2D eigenvalue weighted by molar-refractivity contribution is -0.143. The van der Waals surface area contributed by atoms with Crippen molar-refractivity contribution in [2.75, 3.05) is 26.7 Å². The number of methoxy groups -OCH3 is 1. The molecule has 8 amide bonds. The van der Waals surface area contributed by atoms with Crippen molar-refractivity contribution in [2.24, 2.45) is 11.5 Å². The molecule has 0 aliphatic carbocycles. The zero-order chi connectivity index (χ0) is 60.8. The van der Waals surface area contributed by atoms with Crippen LogP contribution in [0.15, 0.2) is 60.8 Å². The number of guanidine groups is 1. The highest BCUT2D eigenvalue weighted by Gasteiger charge is 2.43. The summed E-state index contributed by atoms with van der Waals surface area (Å²) in [6.45, 7) is 4.41. The van der Waals surface area contributed by atoms with Crippen LogP contribution in [0.3, 0.4) is 0 Å². The Morgan fingerprint density at radius 2 is 1.39 bits per heavy atom. The van der Waals surface area contributed by atoms with Gasteiger partial charge in [-0.15, -0.1) is 0 Å². The number of carbonyl (C=O) groups is 8. The van der Waals surface area contributed by atoms with Gasteiger partial charge in [-0.2, -0.15) is 0 Å². The third-order valence-corrected chi connectivity index (χ3v) is 15.7. The minimum atomic E-state index is -1.37. The van der Waals surface area contributed by atoms with E-state index < -0.39 is 96.0 Å². The number of nitrogens with zero attached hydrogens (tertiary/aromatic N) is 1. The number of amides is 8. The van der Waals surface area contributed by atoms with Crippen LogP contribution in [0.25, 0.3) is 10.9 Å². The van der Waals surface area contributed by atoms with E-state index in [1.807, 2.05) is 31.2 Å². The number of para-hydroxylation sites is 1. The number of aliphatic hydroxyl groups excluding tert-OH is 1. The topological polar surface area (TPSA) is 357 Å². The average molecular weight is 1170 g/mol. The largest absolute Gasteiger partial charge is 0.391 e. The summed E-state index contributed by atoms with van der Waals surface area (Å²) in [6, 6.07) is 7.59. The Hall–Kier alpha value is -7.11. The molecule has 0 saturated carbocycles. The fraction of sp³-hybridized carbons (Fsp3) is 0.623. The van der Waals surface area contributed by atoms with Gasteiger partial charge in [0.2, 0.25) is 47.3 Å². The van der Waals surface area contributed by atoms with Gasteiger partial charge >= 0.3 is 0 Å². The lowest BCUT2D eigenvalue weighted by atomic mass is 10.0. The van der Waals surface area contributed by atoms with E-state index in [0.717, 1.165) is 36.6 Å². The van der Waals surface area contributed by atoms with Crippen LogP contribution < -0.4 is 54.0 Å². The van der Waals surface area contributed by atoms with Gasteiger partial charge in [-0.3, -0.25) is 49.1 Å². The highest BCUT2D eigenvalue weighted by Crippen LogP contribution is 2.23. The van der Waals surface area contributed by atoms with E-state index in [-0.39, 0.29) is 82.7 Å². The van der Waals surface area contributed by atoms with E-state index >= 15 is 4.79 Å². The summed E-state index contributed by atoms with van der Waals surface area (Å²) in [6.07, 6.45) is 12.7. The molecular weight excluding hydrogens is 1070 g/mol. The quantitative estimate of drug-likeness (QED) is 0.0312. The first-order valence-corrected chi connectivity index (χ1v) is 30.5. The van der Waals surface area contributed by atoms with Crippen molar-refractivity contribution in [3.8, 4) is 0 Å². The Morgan fingerprint density at radius 1 is 0.750 bits per heavy atom. The minimum absolute atomic E-state index is 0.00380. The molecule has 2 fully saturated rings. The summed E-state index contributed by atoms with van der Waals surface area (Å²) in [5.41, 5.74) is 13.6. The van der Waals surface area contributed by atoms with Crippen LogP contribution in [0.2, 0.25) is 0 Å². The molecule has 0 radical (unpaired) electrons. The Kier molecular flexibility index (Phi) is 29.5. The summed E-state index contributed by atoms with van der Waals surface area (Å²) in [7, 11) is 1.49. The van der Waals surface area contributed by atoms with Crippen molar-refractivity contribution in [3.63, 3.8) is 0 Å². The number of nitrogens with two attached hydrogens (primary N) is 2. The van der Waals surface area contributed by atoms with Crippen molar-refractivity contribution in [1.29, 1.82) is 5.41 Å². The van der Waals surface area contributed by atoms with E-state index in [1.165, 1.54) is 44.1 Å². The molecule has 9 atom stereocenters. The summed E-state index contributed by atoms with van der Waals surface area (Å²) in [5.74, 6) is -5.63. The van der Waals surface area contributed by atoms with Crippen LogP contribution in [-0.2, 0) is 55.9 Å². The van der Waals surface area contributed by atoms with Crippen LogP contribution in [0, 0.1) is 5.41 Å². The van der Waals surface area contributed by atoms with Crippen LogP contribution in [0.1, 0.15) is 160 Å². The van der Waals surface area contributed by atoms with Gasteiger partial charge in [0.15, 0.2) is 5.96 Å². The Bertz CT molecular complexity index is 2580. The van der Waals surface area contributed by atoms with Gasteiger partial charge in [-0.25, -0.2) is 0 Å². The molecule has 3 heterocycles. The van der Waals surface area contributed by atoms with Gasteiger partial charge in [-0.05, 0) is 81.5 Å². The van der Waals surface area contributed by atoms with E-state index in [4.69, 9.17) is 21.6 Å². The highest BCUT2D eigenvalue weighted by molar-refractivity contribution is 5.98. The molecule has 2 aliphatic heterocycles. The number of hydrogen-bond donors (Lipinski definition) is 13. The van der Waals surface area contributed by atoms with E-state index in [9.17, 15) is 38.7 Å². The molecule has 0 bridgehead atoms. The normalized spacial score (nSPS) is 23.0. The number of unbranched alkanes of at least 4 members (excludes halogenated alkanes) is 9. The maximum atomic E-state index is 15.1. The zero-order valence-electron chi connectivity index (χ0n) is 49.6. The summed E-state index contributed by atoms with van der Waals surface area (Å²) < 4.78 is 5.80. The third-order valence-electron chi connectivity index (χ3n) is 15.7. The third kappa shape index (κ3) is 22.8. The van der Waals surface area contributed by atoms with Gasteiger partial charge in [0.25, 0.3) is 0 Å². The molecule has 3 aromatic rings. The highest BCUT2D eigenvalue weighted by atomic mass is 16.5. The van der Waals surface area contributed by atoms with Crippen molar-refractivity contribution >= 4 is 64.1 Å². The molecule has 464 valence electrons. The van der Waals surface area contributed by atoms with E-state index in [2.05, 4.69) is 54.4 Å². The van der Waals surface area contributed by atoms with Crippen LogP contribution in [0.5, 0.6) is 0 Å². The average Bonchev–Trinajstić information content (AvgIpc) is 3.49. The number of nitrogens with one attached hydrogen (secondary N) is 10. The molecule has 2 saturated heterocycles. The molecule has 2 aliphatic rings. The number of H-pyrrole nitrogens is 1. The summed E-state index contributed by atoms with van der Waals surface area (Å²) in [4.78, 5) is 119. The second-order valence-electron chi connectivity index (χ2n) is 22.4. The number of aromatic amines is 1. The lowest BCUT2D eigenvalue weighted by Crippen LogP contribution is -2.60. The van der Waals surface area contributed by atoms with E-state index in [0.29, 0.717) is 49.8 Å². The van der Waals surface area contributed by atoms with E-state index in [1.54, 1.807) is 36.5 Å². The zero-order valence-corrected chi connectivity index (χ0v) is 49.6. The van der Waals surface area contributed by atoms with Crippen LogP contribution in [0.4, 0.5) is 0 Å². The lowest BCUT2D eigenvalue weighted by Gasteiger charge is -2.31. The molecule has 84 heavy (non-hydrogen) atoms. The predicted molar refractivity (Wildman–Crippen MR) is 321 cm³/mol. The maximum absolute atomic E-state index is 15.1. The fourth-order valence-electron chi connectivity index (χ4n) is 10.9. The van der Waals surface area contributed by atoms with Gasteiger partial charge in [0.1, 0.15) is 48.5 Å². The number of benzene rings is 2. The Balaban J connectivity index is 1.46. The standard InChI is InChI=1S/C61H95N13O10/c1-4-6-8-9-10-11-12-13-17-30-52(76)68-46(26-7-5-2)55(78)71-48-31-32-53(84-3)65-33-21-20-28-45(54(62)77)69-58(81)50(36-41-38-67-44-27-19-18-25-43(41)44)72-56(79)47(29-22-34-66-61(63)64)70-57(80)49(35-40-23-15-14-16-24-40)73-59(82)51-37-42(75)39-74(51)60(48)83/h14-16,18-19,23-25,27,38,42,45-51,53,65,67,75H,4-13,17,20-22,26,28-37,39H2,1-3H3,(H2,62,77)(H,68,76)(H,69,81)(H,70,80)(H,71,78)(H,72,79)(H,73,82)(H4,63,64,66)/t42-,45+,46+,47+,48+,49-,50+,51+,53?/m1/s1. The Labute approximate surface area is 494 Å². The SMILES string of the molecule is CCCCCCCCCCCC(=O)N[C@@H](CCCC)C(=O)N[C@H]1CCC(OC)NCCCC[C@@H](C(N)=O)NC(=O)[C@H](Cc2c[nH]c3ccccc23)NC(=O)[C@H](CCCNC(=N)N)NC(=O)[C@@H](Cc2ccccc2)NC(=O)[C@@H]2C[C@@H](O)CN2C1=O. The summed E-state index contributed by atoms with van der Waals surface area (Å²) in [5, 5.41) is 42.8. The first kappa shape index (κ1) is 67.7. The fourth-order valence-corrected chi connectivity index (χ4v) is 10.9. The van der Waals surface area contributed by atoms with Crippen molar-refractivity contribution in [2.45, 2.75) is 216 Å². The molecular formula is C61H95N13O10. The van der Waals surface area contributed by atoms with Crippen LogP contribution in [-0.4, -0.2) is 150 Å². The molecule has 23 nitrogen and oxygen atoms in total. The molecule has 1 aromatic heterocycles. The molecule has 0 spiro atoms. The van der Waals surface area contributed by atoms with Crippen LogP contribution >= 0.6 is 0 Å². The van der Waals surface area contributed by atoms with Gasteiger partial charge in [-0.1, -0.05) is 127 Å². The van der Waals surface area contributed by atoms with Crippen molar-refractivity contribution in [1.82, 2.24) is 52.4 Å². The number of rotatable bonds is 26. The van der Waals surface area contributed by atoms with Gasteiger partial charge < -0.3 is 68.4 Å². The number of fused-ring (bicyclic) bond motifs is 2. The smallest absolute Gasteiger partial charge is 0.245 e. The first-order chi connectivity index (χ1) is 40.5. The number of carbonyl (C=O) groups excluding carboxylic acids is 8. The number of aromatic nitrogens is 1. The monoisotopic (exact) mass is 1170 g/mol.